The minimum atomic E-state index is -1.08. The lowest BCUT2D eigenvalue weighted by Crippen LogP contribution is -2.42. The summed E-state index contributed by atoms with van der Waals surface area (Å²) in [6.45, 7) is 3.37. The van der Waals surface area contributed by atoms with Crippen molar-refractivity contribution >= 4 is 17.5 Å². The molecular weight excluding hydrogens is 376 g/mol. The van der Waals surface area contributed by atoms with Crippen LogP contribution in [0.25, 0.3) is 0 Å². The Bertz CT molecular complexity index is 837. The first kappa shape index (κ1) is 20.9. The molecule has 1 aliphatic rings. The predicted molar refractivity (Wildman–Crippen MR) is 107 cm³/mol. The standard InChI is InChI=1S/C22H25F2N3O2/c23-19-7-6-18(14-20(19)24)26-22(29)21(28)25-15-17-9-12-27(13-10-17)11-8-16-4-2-1-3-5-16/h1-7,14,17H,8-13,15H2,(H,25,28)(H,26,29). The van der Waals surface area contributed by atoms with Gasteiger partial charge in [0.25, 0.3) is 0 Å². The summed E-state index contributed by atoms with van der Waals surface area (Å²) < 4.78 is 26.1. The number of hydrogen-bond donors (Lipinski definition) is 2. The first-order valence-corrected chi connectivity index (χ1v) is 9.82. The second-order valence-electron chi connectivity index (χ2n) is 7.31. The molecule has 0 unspecified atom stereocenters. The van der Waals surface area contributed by atoms with E-state index in [1.165, 1.54) is 11.6 Å². The lowest BCUT2D eigenvalue weighted by Gasteiger charge is -2.32. The van der Waals surface area contributed by atoms with Crippen molar-refractivity contribution in [2.24, 2.45) is 5.92 Å². The Morgan fingerprint density at radius 1 is 0.966 bits per heavy atom. The number of carbonyl (C=O) groups excluding carboxylic acids is 2. The first-order chi connectivity index (χ1) is 14.0. The van der Waals surface area contributed by atoms with Gasteiger partial charge in [-0.15, -0.1) is 0 Å². The average Bonchev–Trinajstić information content (AvgIpc) is 2.74. The highest BCUT2D eigenvalue weighted by molar-refractivity contribution is 6.39. The van der Waals surface area contributed by atoms with E-state index in [0.717, 1.165) is 51.0 Å². The highest BCUT2D eigenvalue weighted by Crippen LogP contribution is 2.17. The van der Waals surface area contributed by atoms with Crippen molar-refractivity contribution in [1.29, 1.82) is 0 Å². The topological polar surface area (TPSA) is 61.4 Å². The summed E-state index contributed by atoms with van der Waals surface area (Å²) in [5.41, 5.74) is 1.37. The molecule has 2 amide bonds. The van der Waals surface area contributed by atoms with Gasteiger partial charge in [0.15, 0.2) is 11.6 Å². The van der Waals surface area contributed by atoms with Crippen LogP contribution in [-0.2, 0) is 16.0 Å². The number of amides is 2. The zero-order valence-corrected chi connectivity index (χ0v) is 16.2. The molecule has 2 N–H and O–H groups in total. The smallest absolute Gasteiger partial charge is 0.313 e. The molecule has 2 aromatic rings. The summed E-state index contributed by atoms with van der Waals surface area (Å²) in [5, 5.41) is 4.90. The fourth-order valence-electron chi connectivity index (χ4n) is 3.43. The van der Waals surface area contributed by atoms with Crippen molar-refractivity contribution in [3.63, 3.8) is 0 Å². The van der Waals surface area contributed by atoms with E-state index in [1.54, 1.807) is 0 Å². The minimum Gasteiger partial charge on any atom is -0.348 e. The van der Waals surface area contributed by atoms with Crippen LogP contribution in [0.5, 0.6) is 0 Å². The molecule has 0 bridgehead atoms. The van der Waals surface area contributed by atoms with Gasteiger partial charge in [-0.25, -0.2) is 8.78 Å². The number of anilines is 1. The van der Waals surface area contributed by atoms with Gasteiger partial charge in [0.1, 0.15) is 0 Å². The molecule has 0 atom stereocenters. The molecule has 1 fully saturated rings. The van der Waals surface area contributed by atoms with E-state index in [2.05, 4.69) is 27.7 Å². The normalized spacial score (nSPS) is 15.1. The molecule has 1 saturated heterocycles. The maximum Gasteiger partial charge on any atom is 0.313 e. The molecule has 154 valence electrons. The van der Waals surface area contributed by atoms with Gasteiger partial charge in [-0.1, -0.05) is 30.3 Å². The molecule has 5 nitrogen and oxygen atoms in total. The zero-order valence-electron chi connectivity index (χ0n) is 16.2. The van der Waals surface area contributed by atoms with E-state index in [0.29, 0.717) is 12.5 Å². The van der Waals surface area contributed by atoms with Gasteiger partial charge in [0.2, 0.25) is 0 Å². The largest absolute Gasteiger partial charge is 0.348 e. The molecule has 1 aliphatic heterocycles. The maximum atomic E-state index is 13.2. The van der Waals surface area contributed by atoms with Gasteiger partial charge in [-0.2, -0.15) is 0 Å². The highest BCUT2D eigenvalue weighted by atomic mass is 19.2. The van der Waals surface area contributed by atoms with Crippen molar-refractivity contribution in [3.8, 4) is 0 Å². The number of carbonyl (C=O) groups is 2. The Kier molecular flexibility index (Phi) is 7.30. The van der Waals surface area contributed by atoms with Gasteiger partial charge in [-0.05, 0) is 56.0 Å². The number of likely N-dealkylation sites (tertiary alicyclic amines) is 1. The van der Waals surface area contributed by atoms with Gasteiger partial charge in [-0.3, -0.25) is 9.59 Å². The number of rotatable bonds is 6. The van der Waals surface area contributed by atoms with Crippen LogP contribution >= 0.6 is 0 Å². The Morgan fingerprint density at radius 3 is 2.38 bits per heavy atom. The maximum absolute atomic E-state index is 13.2. The molecule has 0 aliphatic carbocycles. The molecule has 0 aromatic heterocycles. The lowest BCUT2D eigenvalue weighted by molar-refractivity contribution is -0.136. The minimum absolute atomic E-state index is 0.0378. The number of piperidine rings is 1. The summed E-state index contributed by atoms with van der Waals surface area (Å²) in [6, 6.07) is 13.3. The summed E-state index contributed by atoms with van der Waals surface area (Å²) in [5.74, 6) is -3.44. The second-order valence-corrected chi connectivity index (χ2v) is 7.31. The Labute approximate surface area is 169 Å². The van der Waals surface area contributed by atoms with Gasteiger partial charge in [0, 0.05) is 24.8 Å². The van der Waals surface area contributed by atoms with Gasteiger partial charge < -0.3 is 15.5 Å². The van der Waals surface area contributed by atoms with Crippen molar-refractivity contribution in [2.45, 2.75) is 19.3 Å². The highest BCUT2D eigenvalue weighted by Gasteiger charge is 2.21. The molecule has 0 spiro atoms. The van der Waals surface area contributed by atoms with Gasteiger partial charge in [0.05, 0.1) is 0 Å². The van der Waals surface area contributed by atoms with Crippen LogP contribution in [-0.4, -0.2) is 42.9 Å². The second kappa shape index (κ2) is 10.1. The average molecular weight is 401 g/mol. The Morgan fingerprint density at radius 2 is 1.69 bits per heavy atom. The number of benzene rings is 2. The van der Waals surface area contributed by atoms with Crippen LogP contribution in [0.3, 0.4) is 0 Å². The summed E-state index contributed by atoms with van der Waals surface area (Å²) in [6.07, 6.45) is 2.94. The molecular formula is C22H25F2N3O2. The quantitative estimate of drug-likeness (QED) is 0.732. The van der Waals surface area contributed by atoms with Crippen molar-refractivity contribution in [1.82, 2.24) is 10.2 Å². The summed E-state index contributed by atoms with van der Waals surface area (Å²) >= 11 is 0. The van der Waals surface area contributed by atoms with E-state index in [9.17, 15) is 18.4 Å². The fourth-order valence-corrected chi connectivity index (χ4v) is 3.43. The monoisotopic (exact) mass is 401 g/mol. The molecule has 0 saturated carbocycles. The fraction of sp³-hybridized carbons (Fsp3) is 0.364. The van der Waals surface area contributed by atoms with Crippen molar-refractivity contribution in [3.05, 3.63) is 65.7 Å². The van der Waals surface area contributed by atoms with Crippen LogP contribution < -0.4 is 10.6 Å². The van der Waals surface area contributed by atoms with Crippen LogP contribution in [0.1, 0.15) is 18.4 Å². The Hall–Kier alpha value is -2.80. The third-order valence-electron chi connectivity index (χ3n) is 5.20. The van der Waals surface area contributed by atoms with Crippen LogP contribution in [0, 0.1) is 17.6 Å². The number of hydrogen-bond acceptors (Lipinski definition) is 3. The van der Waals surface area contributed by atoms with E-state index < -0.39 is 23.4 Å². The number of nitrogens with one attached hydrogen (secondary N) is 2. The molecule has 29 heavy (non-hydrogen) atoms. The number of nitrogens with zero attached hydrogens (tertiary/aromatic N) is 1. The SMILES string of the molecule is O=C(NCC1CCN(CCc2ccccc2)CC1)C(=O)Nc1ccc(F)c(F)c1. The third kappa shape index (κ3) is 6.35. The molecule has 2 aromatic carbocycles. The number of halogens is 2. The predicted octanol–water partition coefficient (Wildman–Crippen LogP) is 2.97. The van der Waals surface area contributed by atoms with E-state index >= 15 is 0 Å². The van der Waals surface area contributed by atoms with Crippen LogP contribution in [0.15, 0.2) is 48.5 Å². The summed E-state index contributed by atoms with van der Waals surface area (Å²) in [4.78, 5) is 26.3. The van der Waals surface area contributed by atoms with E-state index in [4.69, 9.17) is 0 Å². The molecule has 3 rings (SSSR count). The summed E-state index contributed by atoms with van der Waals surface area (Å²) in [7, 11) is 0. The molecule has 7 heteroatoms. The van der Waals surface area contributed by atoms with Gasteiger partial charge >= 0.3 is 11.8 Å². The van der Waals surface area contributed by atoms with Crippen molar-refractivity contribution < 1.29 is 18.4 Å². The molecule has 0 radical (unpaired) electrons. The first-order valence-electron chi connectivity index (χ1n) is 9.82. The third-order valence-corrected chi connectivity index (χ3v) is 5.20. The molecule has 1 heterocycles. The Balaban J connectivity index is 1.35. The van der Waals surface area contributed by atoms with E-state index in [1.807, 2.05) is 18.2 Å². The zero-order chi connectivity index (χ0) is 20.6. The van der Waals surface area contributed by atoms with Crippen LogP contribution in [0.4, 0.5) is 14.5 Å². The van der Waals surface area contributed by atoms with E-state index in [-0.39, 0.29) is 5.69 Å². The van der Waals surface area contributed by atoms with Crippen molar-refractivity contribution in [2.75, 3.05) is 31.5 Å². The lowest BCUT2D eigenvalue weighted by atomic mass is 9.96. The van der Waals surface area contributed by atoms with Crippen LogP contribution in [0.2, 0.25) is 0 Å².